The number of pyridine rings is 1. The van der Waals surface area contributed by atoms with E-state index in [9.17, 15) is 4.79 Å². The summed E-state index contributed by atoms with van der Waals surface area (Å²) < 4.78 is 11.2. The first-order chi connectivity index (χ1) is 13.6. The molecule has 1 aliphatic heterocycles. The van der Waals surface area contributed by atoms with Crippen LogP contribution >= 0.6 is 0 Å². The van der Waals surface area contributed by atoms with Crippen LogP contribution in [0.3, 0.4) is 0 Å². The fourth-order valence-corrected chi connectivity index (χ4v) is 3.45. The zero-order valence-electron chi connectivity index (χ0n) is 15.9. The molecule has 3 aromatic rings. The molecule has 0 bridgehead atoms. The predicted molar refractivity (Wildman–Crippen MR) is 103 cm³/mol. The van der Waals surface area contributed by atoms with Gasteiger partial charge in [0.15, 0.2) is 6.61 Å². The van der Waals surface area contributed by atoms with Gasteiger partial charge in [-0.1, -0.05) is 30.3 Å². The lowest BCUT2D eigenvalue weighted by molar-refractivity contribution is -0.132. The maximum absolute atomic E-state index is 12.6. The van der Waals surface area contributed by atoms with Crippen LogP contribution in [-0.2, 0) is 4.79 Å². The standard InChI is InChI=1S/C21H22N4O3/c1-14-5-3-4-6-18(14)27-13-19(26)25-11-15(2)17(12-25)21-23-20(24-28-21)16-7-9-22-10-8-16/h3-10,15,17H,11-13H2,1-2H3/t15-,17-/m0/s1. The molecule has 0 unspecified atom stereocenters. The molecule has 0 saturated carbocycles. The third-order valence-corrected chi connectivity index (χ3v) is 5.11. The number of aryl methyl sites for hydroxylation is 1. The van der Waals surface area contributed by atoms with Crippen LogP contribution in [0.5, 0.6) is 5.75 Å². The molecule has 2 aromatic heterocycles. The summed E-state index contributed by atoms with van der Waals surface area (Å²) in [6, 6.07) is 11.4. The lowest BCUT2D eigenvalue weighted by Gasteiger charge is -2.17. The van der Waals surface area contributed by atoms with E-state index in [-0.39, 0.29) is 24.3 Å². The van der Waals surface area contributed by atoms with E-state index in [2.05, 4.69) is 22.0 Å². The molecule has 1 amide bonds. The minimum atomic E-state index is -0.0357. The summed E-state index contributed by atoms with van der Waals surface area (Å²) in [5.74, 6) is 2.05. The van der Waals surface area contributed by atoms with Crippen molar-refractivity contribution in [2.45, 2.75) is 19.8 Å². The Bertz CT molecular complexity index is 957. The van der Waals surface area contributed by atoms with Gasteiger partial charge in [-0.3, -0.25) is 9.78 Å². The maximum Gasteiger partial charge on any atom is 0.260 e. The molecule has 144 valence electrons. The number of carbonyl (C=O) groups is 1. The molecule has 7 nitrogen and oxygen atoms in total. The number of rotatable bonds is 5. The molecule has 1 saturated heterocycles. The molecule has 7 heteroatoms. The Morgan fingerprint density at radius 1 is 1.21 bits per heavy atom. The minimum Gasteiger partial charge on any atom is -0.484 e. The summed E-state index contributed by atoms with van der Waals surface area (Å²) in [6.45, 7) is 5.28. The van der Waals surface area contributed by atoms with Crippen molar-refractivity contribution in [2.75, 3.05) is 19.7 Å². The Labute approximate surface area is 163 Å². The summed E-state index contributed by atoms with van der Waals surface area (Å²) in [5.41, 5.74) is 1.87. The largest absolute Gasteiger partial charge is 0.484 e. The number of benzene rings is 1. The molecule has 0 aliphatic carbocycles. The first-order valence-corrected chi connectivity index (χ1v) is 9.32. The maximum atomic E-state index is 12.6. The van der Waals surface area contributed by atoms with Crippen LogP contribution in [0.25, 0.3) is 11.4 Å². The molecular formula is C21H22N4O3. The van der Waals surface area contributed by atoms with Crippen molar-refractivity contribution in [1.29, 1.82) is 0 Å². The third-order valence-electron chi connectivity index (χ3n) is 5.11. The Balaban J connectivity index is 1.40. The van der Waals surface area contributed by atoms with E-state index < -0.39 is 0 Å². The number of carbonyl (C=O) groups excluding carboxylic acids is 1. The number of hydrogen-bond donors (Lipinski definition) is 0. The lowest BCUT2D eigenvalue weighted by Crippen LogP contribution is -2.33. The zero-order chi connectivity index (χ0) is 19.5. The summed E-state index contributed by atoms with van der Waals surface area (Å²) in [7, 11) is 0. The highest BCUT2D eigenvalue weighted by Gasteiger charge is 2.37. The van der Waals surface area contributed by atoms with Crippen LogP contribution in [-0.4, -0.2) is 45.6 Å². The van der Waals surface area contributed by atoms with Gasteiger partial charge in [0.05, 0.1) is 5.92 Å². The van der Waals surface area contributed by atoms with Crippen molar-refractivity contribution in [3.05, 3.63) is 60.2 Å². The monoisotopic (exact) mass is 378 g/mol. The van der Waals surface area contributed by atoms with Crippen molar-refractivity contribution in [2.24, 2.45) is 5.92 Å². The van der Waals surface area contributed by atoms with E-state index in [1.165, 1.54) is 0 Å². The second kappa shape index (κ2) is 7.80. The van der Waals surface area contributed by atoms with E-state index in [1.54, 1.807) is 12.4 Å². The molecule has 1 aliphatic rings. The van der Waals surface area contributed by atoms with Crippen molar-refractivity contribution < 1.29 is 14.1 Å². The smallest absolute Gasteiger partial charge is 0.260 e. The van der Waals surface area contributed by atoms with Crippen LogP contribution in [0.15, 0.2) is 53.3 Å². The molecule has 28 heavy (non-hydrogen) atoms. The SMILES string of the molecule is Cc1ccccc1OCC(=O)N1C[C@H](c2nc(-c3ccncc3)no2)[C@@H](C)C1. The number of hydrogen-bond acceptors (Lipinski definition) is 6. The van der Waals surface area contributed by atoms with Crippen LogP contribution in [0.4, 0.5) is 0 Å². The summed E-state index contributed by atoms with van der Waals surface area (Å²) >= 11 is 0. The topological polar surface area (TPSA) is 81.4 Å². The van der Waals surface area contributed by atoms with Gasteiger partial charge in [-0.15, -0.1) is 0 Å². The number of ether oxygens (including phenoxy) is 1. The summed E-state index contributed by atoms with van der Waals surface area (Å²) in [5, 5.41) is 4.08. The van der Waals surface area contributed by atoms with E-state index >= 15 is 0 Å². The first kappa shape index (κ1) is 18.2. The van der Waals surface area contributed by atoms with Crippen LogP contribution in [0, 0.1) is 12.8 Å². The van der Waals surface area contributed by atoms with Crippen molar-refractivity contribution in [1.82, 2.24) is 20.0 Å². The second-order valence-electron chi connectivity index (χ2n) is 7.13. The quantitative estimate of drug-likeness (QED) is 0.679. The lowest BCUT2D eigenvalue weighted by atomic mass is 9.98. The van der Waals surface area contributed by atoms with Crippen LogP contribution < -0.4 is 4.74 Å². The molecule has 1 fully saturated rings. The van der Waals surface area contributed by atoms with Gasteiger partial charge in [0.1, 0.15) is 5.75 Å². The van der Waals surface area contributed by atoms with Crippen molar-refractivity contribution in [3.8, 4) is 17.1 Å². The zero-order valence-corrected chi connectivity index (χ0v) is 15.9. The molecule has 4 rings (SSSR count). The number of para-hydroxylation sites is 1. The highest BCUT2D eigenvalue weighted by Crippen LogP contribution is 2.32. The van der Waals surface area contributed by atoms with Gasteiger partial charge < -0.3 is 14.2 Å². The number of nitrogens with zero attached hydrogens (tertiary/aromatic N) is 4. The molecule has 0 N–H and O–H groups in total. The highest BCUT2D eigenvalue weighted by atomic mass is 16.5. The fourth-order valence-electron chi connectivity index (χ4n) is 3.45. The molecule has 2 atom stereocenters. The van der Waals surface area contributed by atoms with E-state index in [0.717, 1.165) is 16.9 Å². The van der Waals surface area contributed by atoms with Gasteiger partial charge >= 0.3 is 0 Å². The Hall–Kier alpha value is -3.22. The van der Waals surface area contributed by atoms with Gasteiger partial charge in [-0.25, -0.2) is 0 Å². The van der Waals surface area contributed by atoms with Crippen LogP contribution in [0.1, 0.15) is 24.3 Å². The van der Waals surface area contributed by atoms with E-state index in [0.29, 0.717) is 24.8 Å². The molecular weight excluding hydrogens is 356 g/mol. The Morgan fingerprint density at radius 2 is 2.00 bits per heavy atom. The first-order valence-electron chi connectivity index (χ1n) is 9.32. The summed E-state index contributed by atoms with van der Waals surface area (Å²) in [4.78, 5) is 23.0. The molecule has 1 aromatic carbocycles. The van der Waals surface area contributed by atoms with E-state index in [4.69, 9.17) is 9.26 Å². The van der Waals surface area contributed by atoms with Gasteiger partial charge in [-0.05, 0) is 36.6 Å². The third kappa shape index (κ3) is 3.74. The Morgan fingerprint density at radius 3 is 2.79 bits per heavy atom. The van der Waals surface area contributed by atoms with Crippen molar-refractivity contribution in [3.63, 3.8) is 0 Å². The summed E-state index contributed by atoms with van der Waals surface area (Å²) in [6.07, 6.45) is 3.39. The predicted octanol–water partition coefficient (Wildman–Crippen LogP) is 3.08. The van der Waals surface area contributed by atoms with Gasteiger partial charge in [-0.2, -0.15) is 4.98 Å². The molecule has 3 heterocycles. The van der Waals surface area contributed by atoms with Crippen molar-refractivity contribution >= 4 is 5.91 Å². The fraction of sp³-hybridized carbons (Fsp3) is 0.333. The average Bonchev–Trinajstić information content (AvgIpc) is 3.34. The highest BCUT2D eigenvalue weighted by molar-refractivity contribution is 5.78. The molecule has 0 radical (unpaired) electrons. The average molecular weight is 378 g/mol. The van der Waals surface area contributed by atoms with E-state index in [1.807, 2.05) is 48.2 Å². The number of likely N-dealkylation sites (tertiary alicyclic amines) is 1. The van der Waals surface area contributed by atoms with Gasteiger partial charge in [0.25, 0.3) is 5.91 Å². The van der Waals surface area contributed by atoms with Gasteiger partial charge in [0.2, 0.25) is 11.7 Å². The minimum absolute atomic E-state index is 0.0190. The second-order valence-corrected chi connectivity index (χ2v) is 7.13. The normalized spacial score (nSPS) is 19.0. The number of aromatic nitrogens is 3. The molecule has 0 spiro atoms. The van der Waals surface area contributed by atoms with Gasteiger partial charge in [0, 0.05) is 31.0 Å². The van der Waals surface area contributed by atoms with Crippen LogP contribution in [0.2, 0.25) is 0 Å². The Kier molecular flexibility index (Phi) is 5.06. The number of amides is 1.